The molecule has 134 valence electrons. The first-order valence-corrected chi connectivity index (χ1v) is 8.53. The molecule has 1 heterocycles. The minimum Gasteiger partial charge on any atom is -0.350 e. The maximum atomic E-state index is 13.8. The predicted octanol–water partition coefficient (Wildman–Crippen LogP) is 4.03. The molecule has 3 rings (SSSR count). The van der Waals surface area contributed by atoms with Crippen molar-refractivity contribution in [3.8, 4) is 5.69 Å². The van der Waals surface area contributed by atoms with E-state index in [1.54, 1.807) is 30.5 Å². The minimum absolute atomic E-state index is 0.213. The number of halogens is 1. The van der Waals surface area contributed by atoms with Gasteiger partial charge in [-0.15, -0.1) is 0 Å². The van der Waals surface area contributed by atoms with E-state index in [-0.39, 0.29) is 22.8 Å². The first-order valence-electron chi connectivity index (χ1n) is 8.53. The molecule has 2 aromatic carbocycles. The fraction of sp³-hybridized carbons (Fsp3) is 0.238. The highest BCUT2D eigenvalue weighted by Crippen LogP contribution is 2.23. The van der Waals surface area contributed by atoms with Crippen LogP contribution in [-0.4, -0.2) is 22.2 Å². The van der Waals surface area contributed by atoms with E-state index in [2.05, 4.69) is 36.4 Å². The quantitative estimate of drug-likeness (QED) is 0.754. The van der Waals surface area contributed by atoms with Crippen LogP contribution in [0.4, 0.5) is 4.39 Å². The molecular weight excluding hydrogens is 329 g/mol. The van der Waals surface area contributed by atoms with Crippen molar-refractivity contribution in [3.05, 3.63) is 83.4 Å². The summed E-state index contributed by atoms with van der Waals surface area (Å²) in [7, 11) is 0. The van der Waals surface area contributed by atoms with Crippen LogP contribution in [-0.2, 0) is 5.41 Å². The van der Waals surface area contributed by atoms with Gasteiger partial charge in [0.15, 0.2) is 5.69 Å². The number of aryl methyl sites for hydroxylation is 1. The number of para-hydroxylation sites is 1. The lowest BCUT2D eigenvalue weighted by Gasteiger charge is -2.25. The number of hydrogen-bond acceptors (Lipinski definition) is 2. The number of benzene rings is 2. The van der Waals surface area contributed by atoms with Crippen LogP contribution >= 0.6 is 0 Å². The molecule has 1 amide bonds. The van der Waals surface area contributed by atoms with Crippen molar-refractivity contribution in [2.75, 3.05) is 6.54 Å². The predicted molar refractivity (Wildman–Crippen MR) is 100 cm³/mol. The van der Waals surface area contributed by atoms with Crippen LogP contribution in [0.1, 0.15) is 35.5 Å². The van der Waals surface area contributed by atoms with Crippen molar-refractivity contribution in [3.63, 3.8) is 0 Å². The molecule has 0 spiro atoms. The Morgan fingerprint density at radius 3 is 2.65 bits per heavy atom. The van der Waals surface area contributed by atoms with Gasteiger partial charge in [-0.05, 0) is 30.7 Å². The van der Waals surface area contributed by atoms with Gasteiger partial charge in [-0.25, -0.2) is 9.07 Å². The second-order valence-corrected chi connectivity index (χ2v) is 7.03. The van der Waals surface area contributed by atoms with E-state index in [0.29, 0.717) is 12.2 Å². The van der Waals surface area contributed by atoms with Crippen LogP contribution in [0.3, 0.4) is 0 Å². The molecule has 0 fully saturated rings. The highest BCUT2D eigenvalue weighted by atomic mass is 19.1. The maximum absolute atomic E-state index is 13.8. The standard InChI is InChI=1S/C21H22FN3O/c1-15-7-6-8-16(13-15)21(2,3)14-23-20(26)18-11-12-25(24-18)19-10-5-4-9-17(19)22/h4-13H,14H2,1-3H3,(H,23,26). The number of carbonyl (C=O) groups excluding carboxylic acids is 1. The number of amides is 1. The van der Waals surface area contributed by atoms with E-state index in [1.807, 2.05) is 19.1 Å². The highest BCUT2D eigenvalue weighted by Gasteiger charge is 2.22. The average Bonchev–Trinajstić information content (AvgIpc) is 3.10. The van der Waals surface area contributed by atoms with Gasteiger partial charge in [0.2, 0.25) is 0 Å². The SMILES string of the molecule is Cc1cccc(C(C)(C)CNC(=O)c2ccn(-c3ccccc3F)n2)c1. The number of carbonyl (C=O) groups is 1. The minimum atomic E-state index is -0.386. The summed E-state index contributed by atoms with van der Waals surface area (Å²) in [4.78, 5) is 12.4. The third kappa shape index (κ3) is 3.82. The maximum Gasteiger partial charge on any atom is 0.271 e. The summed E-state index contributed by atoms with van der Waals surface area (Å²) < 4.78 is 15.2. The van der Waals surface area contributed by atoms with Crippen molar-refractivity contribution >= 4 is 5.91 Å². The molecule has 1 aromatic heterocycles. The second kappa shape index (κ2) is 7.12. The zero-order chi connectivity index (χ0) is 18.7. The van der Waals surface area contributed by atoms with Crippen LogP contribution in [0.15, 0.2) is 60.8 Å². The summed E-state index contributed by atoms with van der Waals surface area (Å²) in [6, 6.07) is 16.2. The molecule has 0 aliphatic rings. The summed E-state index contributed by atoms with van der Waals surface area (Å²) in [5.41, 5.74) is 2.70. The Morgan fingerprint density at radius 1 is 1.15 bits per heavy atom. The molecule has 0 radical (unpaired) electrons. The highest BCUT2D eigenvalue weighted by molar-refractivity contribution is 5.92. The summed E-state index contributed by atoms with van der Waals surface area (Å²) in [6.07, 6.45) is 1.58. The average molecular weight is 351 g/mol. The Bertz CT molecular complexity index is 930. The van der Waals surface area contributed by atoms with Gasteiger partial charge in [0.05, 0.1) is 0 Å². The normalized spacial score (nSPS) is 11.4. The molecule has 0 saturated carbocycles. The van der Waals surface area contributed by atoms with Crippen molar-refractivity contribution in [1.29, 1.82) is 0 Å². The Kier molecular flexibility index (Phi) is 4.89. The summed E-state index contributed by atoms with van der Waals surface area (Å²) in [5, 5.41) is 7.12. The van der Waals surface area contributed by atoms with E-state index in [4.69, 9.17) is 0 Å². The number of aromatic nitrogens is 2. The van der Waals surface area contributed by atoms with Gasteiger partial charge in [0.25, 0.3) is 5.91 Å². The number of nitrogens with zero attached hydrogens (tertiary/aromatic N) is 2. The number of rotatable bonds is 5. The molecule has 0 aliphatic carbocycles. The van der Waals surface area contributed by atoms with Gasteiger partial charge in [0.1, 0.15) is 11.5 Å². The van der Waals surface area contributed by atoms with Gasteiger partial charge in [-0.3, -0.25) is 4.79 Å². The van der Waals surface area contributed by atoms with E-state index in [0.717, 1.165) is 5.56 Å². The Hall–Kier alpha value is -2.95. The van der Waals surface area contributed by atoms with Gasteiger partial charge >= 0.3 is 0 Å². The van der Waals surface area contributed by atoms with Crippen LogP contribution in [0.2, 0.25) is 0 Å². The van der Waals surface area contributed by atoms with E-state index < -0.39 is 0 Å². The van der Waals surface area contributed by atoms with Gasteiger partial charge in [-0.2, -0.15) is 5.10 Å². The largest absolute Gasteiger partial charge is 0.350 e. The molecule has 0 atom stereocenters. The molecule has 0 bridgehead atoms. The molecule has 0 aliphatic heterocycles. The lowest BCUT2D eigenvalue weighted by molar-refractivity contribution is 0.0940. The topological polar surface area (TPSA) is 46.9 Å². The zero-order valence-corrected chi connectivity index (χ0v) is 15.2. The van der Waals surface area contributed by atoms with Crippen molar-refractivity contribution in [2.24, 2.45) is 0 Å². The van der Waals surface area contributed by atoms with Gasteiger partial charge < -0.3 is 5.32 Å². The monoisotopic (exact) mass is 351 g/mol. The van der Waals surface area contributed by atoms with E-state index >= 15 is 0 Å². The van der Waals surface area contributed by atoms with E-state index in [9.17, 15) is 9.18 Å². The lowest BCUT2D eigenvalue weighted by atomic mass is 9.84. The molecule has 5 heteroatoms. The van der Waals surface area contributed by atoms with Crippen LogP contribution in [0.5, 0.6) is 0 Å². The third-order valence-electron chi connectivity index (χ3n) is 4.41. The summed E-state index contributed by atoms with van der Waals surface area (Å²) >= 11 is 0. The zero-order valence-electron chi connectivity index (χ0n) is 15.2. The van der Waals surface area contributed by atoms with Crippen molar-refractivity contribution < 1.29 is 9.18 Å². The molecule has 0 saturated heterocycles. The van der Waals surface area contributed by atoms with Gasteiger partial charge in [-0.1, -0.05) is 55.8 Å². The third-order valence-corrected chi connectivity index (χ3v) is 4.41. The summed E-state index contributed by atoms with van der Waals surface area (Å²) in [6.45, 7) is 6.69. The first kappa shape index (κ1) is 17.9. The fourth-order valence-electron chi connectivity index (χ4n) is 2.78. The number of hydrogen-bond donors (Lipinski definition) is 1. The Morgan fingerprint density at radius 2 is 1.92 bits per heavy atom. The van der Waals surface area contributed by atoms with Crippen LogP contribution in [0, 0.1) is 12.7 Å². The van der Waals surface area contributed by atoms with Crippen LogP contribution in [0.25, 0.3) is 5.69 Å². The number of nitrogens with one attached hydrogen (secondary N) is 1. The molecule has 26 heavy (non-hydrogen) atoms. The molecular formula is C21H22FN3O. The van der Waals surface area contributed by atoms with E-state index in [1.165, 1.54) is 16.3 Å². The Balaban J connectivity index is 1.70. The molecule has 1 N–H and O–H groups in total. The lowest BCUT2D eigenvalue weighted by Crippen LogP contribution is -2.37. The molecule has 0 unspecified atom stereocenters. The van der Waals surface area contributed by atoms with Crippen molar-refractivity contribution in [2.45, 2.75) is 26.2 Å². The smallest absolute Gasteiger partial charge is 0.271 e. The molecule has 4 nitrogen and oxygen atoms in total. The second-order valence-electron chi connectivity index (χ2n) is 7.03. The fourth-order valence-corrected chi connectivity index (χ4v) is 2.78. The van der Waals surface area contributed by atoms with Crippen LogP contribution < -0.4 is 5.32 Å². The molecule has 3 aromatic rings. The van der Waals surface area contributed by atoms with Crippen molar-refractivity contribution in [1.82, 2.24) is 15.1 Å². The summed E-state index contributed by atoms with van der Waals surface area (Å²) in [5.74, 6) is -0.663. The Labute approximate surface area is 152 Å². The first-order chi connectivity index (χ1) is 12.4. The van der Waals surface area contributed by atoms with Gasteiger partial charge in [0, 0.05) is 18.2 Å².